The minimum absolute atomic E-state index is 0.262. The molecular weight excluding hydrogens is 272 g/mol. The summed E-state index contributed by atoms with van der Waals surface area (Å²) in [5.74, 6) is 1.23. The highest BCUT2D eigenvalue weighted by Gasteiger charge is 2.11. The third-order valence-electron chi connectivity index (χ3n) is 2.63. The van der Waals surface area contributed by atoms with Crippen LogP contribution in [-0.2, 0) is 0 Å². The lowest BCUT2D eigenvalue weighted by Crippen LogP contribution is -2.21. The lowest BCUT2D eigenvalue weighted by molar-refractivity contribution is 0.102. The van der Waals surface area contributed by atoms with Crippen LogP contribution in [-0.4, -0.2) is 53.1 Å². The third-order valence-corrected chi connectivity index (χ3v) is 2.63. The molecule has 0 spiro atoms. The van der Waals surface area contributed by atoms with Crippen molar-refractivity contribution in [1.82, 2.24) is 20.0 Å². The molecule has 8 nitrogen and oxygen atoms in total. The zero-order chi connectivity index (χ0) is 15.2. The van der Waals surface area contributed by atoms with E-state index >= 15 is 0 Å². The van der Waals surface area contributed by atoms with Gasteiger partial charge in [0.05, 0.1) is 0 Å². The van der Waals surface area contributed by atoms with Crippen LogP contribution in [0.4, 0.5) is 11.6 Å². The number of amides is 1. The molecule has 0 atom stereocenters. The molecule has 0 aliphatic carbocycles. The molecule has 2 N–H and O–H groups in total. The molecule has 0 saturated heterocycles. The van der Waals surface area contributed by atoms with Crippen molar-refractivity contribution in [2.75, 3.05) is 37.8 Å². The number of likely N-dealkylation sites (N-methyl/N-ethyl adjacent to an activating group) is 1. The van der Waals surface area contributed by atoms with E-state index in [1.165, 1.54) is 6.33 Å². The first-order chi connectivity index (χ1) is 10.0. The molecule has 21 heavy (non-hydrogen) atoms. The van der Waals surface area contributed by atoms with Gasteiger partial charge in [-0.15, -0.1) is 0 Å². The molecule has 2 heterocycles. The predicted octanol–water partition coefficient (Wildman–Crippen LogP) is 0.999. The number of rotatable bonds is 6. The van der Waals surface area contributed by atoms with Gasteiger partial charge >= 0.3 is 0 Å². The van der Waals surface area contributed by atoms with Crippen molar-refractivity contribution in [2.45, 2.75) is 6.92 Å². The Morgan fingerprint density at radius 1 is 1.29 bits per heavy atom. The fourth-order valence-corrected chi connectivity index (χ4v) is 1.59. The number of nitrogens with one attached hydrogen (secondary N) is 2. The molecule has 0 unspecified atom stereocenters. The van der Waals surface area contributed by atoms with E-state index < -0.39 is 0 Å². The van der Waals surface area contributed by atoms with Gasteiger partial charge in [-0.05, 0) is 21.0 Å². The zero-order valence-corrected chi connectivity index (χ0v) is 12.3. The van der Waals surface area contributed by atoms with Crippen LogP contribution >= 0.6 is 0 Å². The number of aryl methyl sites for hydroxylation is 1. The van der Waals surface area contributed by atoms with Crippen LogP contribution in [0.2, 0.25) is 0 Å². The summed E-state index contributed by atoms with van der Waals surface area (Å²) < 4.78 is 4.89. The van der Waals surface area contributed by atoms with Gasteiger partial charge in [-0.25, -0.2) is 9.97 Å². The van der Waals surface area contributed by atoms with Crippen molar-refractivity contribution in [1.29, 1.82) is 0 Å². The predicted molar refractivity (Wildman–Crippen MR) is 78.3 cm³/mol. The number of anilines is 2. The second-order valence-electron chi connectivity index (χ2n) is 4.80. The van der Waals surface area contributed by atoms with Crippen molar-refractivity contribution in [3.05, 3.63) is 29.9 Å². The van der Waals surface area contributed by atoms with E-state index in [1.807, 2.05) is 14.1 Å². The van der Waals surface area contributed by atoms with Crippen LogP contribution in [0.25, 0.3) is 0 Å². The fourth-order valence-electron chi connectivity index (χ4n) is 1.59. The highest BCUT2D eigenvalue weighted by molar-refractivity contribution is 6.02. The zero-order valence-electron chi connectivity index (χ0n) is 12.3. The van der Waals surface area contributed by atoms with Crippen molar-refractivity contribution in [2.24, 2.45) is 0 Å². The minimum atomic E-state index is -0.360. The molecule has 2 rings (SSSR count). The van der Waals surface area contributed by atoms with Crippen molar-refractivity contribution in [3.8, 4) is 0 Å². The average Bonchev–Trinajstić information content (AvgIpc) is 2.84. The molecule has 2 aromatic rings. The summed E-state index contributed by atoms with van der Waals surface area (Å²) in [5.41, 5.74) is 0.262. The SMILES string of the molecule is Cc1cc(NC(=O)c2cc(NCCN(C)C)ncn2)no1. The molecule has 1 amide bonds. The van der Waals surface area contributed by atoms with Gasteiger partial charge in [0.2, 0.25) is 0 Å². The van der Waals surface area contributed by atoms with Crippen LogP contribution in [0.1, 0.15) is 16.2 Å². The normalized spacial score (nSPS) is 10.7. The Morgan fingerprint density at radius 3 is 2.76 bits per heavy atom. The van der Waals surface area contributed by atoms with Gasteiger partial charge in [-0.1, -0.05) is 5.16 Å². The van der Waals surface area contributed by atoms with Crippen LogP contribution in [0.3, 0.4) is 0 Å². The Kier molecular flexibility index (Phi) is 4.83. The van der Waals surface area contributed by atoms with Gasteiger partial charge in [0, 0.05) is 25.2 Å². The van der Waals surface area contributed by atoms with E-state index in [4.69, 9.17) is 4.52 Å². The maximum atomic E-state index is 12.0. The molecule has 0 saturated carbocycles. The van der Waals surface area contributed by atoms with Crippen LogP contribution in [0, 0.1) is 6.92 Å². The topological polar surface area (TPSA) is 96.2 Å². The molecule has 8 heteroatoms. The average molecular weight is 290 g/mol. The molecule has 112 valence electrons. The minimum Gasteiger partial charge on any atom is -0.369 e. The van der Waals surface area contributed by atoms with Crippen LogP contribution in [0.15, 0.2) is 23.0 Å². The number of carbonyl (C=O) groups is 1. The summed E-state index contributed by atoms with van der Waals surface area (Å²) in [7, 11) is 3.97. The van der Waals surface area contributed by atoms with E-state index in [9.17, 15) is 4.79 Å². The molecule has 2 aromatic heterocycles. The van der Waals surface area contributed by atoms with E-state index in [0.29, 0.717) is 17.4 Å². The van der Waals surface area contributed by atoms with Gasteiger partial charge in [0.15, 0.2) is 5.82 Å². The monoisotopic (exact) mass is 290 g/mol. The van der Waals surface area contributed by atoms with Crippen LogP contribution in [0.5, 0.6) is 0 Å². The standard InChI is InChI=1S/C13H18N6O2/c1-9-6-12(18-21-9)17-13(20)10-7-11(16-8-15-10)14-4-5-19(2)3/h6-8H,4-5H2,1-3H3,(H,14,15,16)(H,17,18,20). The smallest absolute Gasteiger partial charge is 0.275 e. The second-order valence-corrected chi connectivity index (χ2v) is 4.80. The first-order valence-electron chi connectivity index (χ1n) is 6.50. The summed E-state index contributed by atoms with van der Waals surface area (Å²) in [6, 6.07) is 3.23. The summed E-state index contributed by atoms with van der Waals surface area (Å²) in [6.45, 7) is 3.34. The van der Waals surface area contributed by atoms with Crippen molar-refractivity contribution in [3.63, 3.8) is 0 Å². The third kappa shape index (κ3) is 4.53. The van der Waals surface area contributed by atoms with Crippen LogP contribution < -0.4 is 10.6 Å². The Balaban J connectivity index is 1.97. The van der Waals surface area contributed by atoms with Gasteiger partial charge in [0.1, 0.15) is 23.6 Å². The highest BCUT2D eigenvalue weighted by Crippen LogP contribution is 2.10. The highest BCUT2D eigenvalue weighted by atomic mass is 16.5. The van der Waals surface area contributed by atoms with E-state index in [2.05, 4.69) is 30.7 Å². The van der Waals surface area contributed by atoms with Gasteiger partial charge in [-0.3, -0.25) is 4.79 Å². The first-order valence-corrected chi connectivity index (χ1v) is 6.50. The molecule has 0 fully saturated rings. The largest absolute Gasteiger partial charge is 0.369 e. The fraction of sp³-hybridized carbons (Fsp3) is 0.385. The number of hydrogen-bond donors (Lipinski definition) is 2. The Hall–Kier alpha value is -2.48. The van der Waals surface area contributed by atoms with Gasteiger partial charge in [-0.2, -0.15) is 0 Å². The molecule has 0 radical (unpaired) electrons. The molecule has 0 aliphatic rings. The van der Waals surface area contributed by atoms with Gasteiger partial charge < -0.3 is 20.1 Å². The van der Waals surface area contributed by atoms with E-state index in [-0.39, 0.29) is 11.6 Å². The number of aromatic nitrogens is 3. The summed E-state index contributed by atoms with van der Waals surface area (Å²) >= 11 is 0. The van der Waals surface area contributed by atoms with Crippen molar-refractivity contribution < 1.29 is 9.32 Å². The lowest BCUT2D eigenvalue weighted by atomic mass is 10.3. The number of hydrogen-bond acceptors (Lipinski definition) is 7. The molecular formula is C13H18N6O2. The Morgan fingerprint density at radius 2 is 2.10 bits per heavy atom. The quantitative estimate of drug-likeness (QED) is 0.819. The maximum absolute atomic E-state index is 12.0. The second kappa shape index (κ2) is 6.80. The summed E-state index contributed by atoms with van der Waals surface area (Å²) in [5, 5.41) is 9.44. The summed E-state index contributed by atoms with van der Waals surface area (Å²) in [6.07, 6.45) is 1.35. The molecule has 0 bridgehead atoms. The Labute approximate surface area is 122 Å². The van der Waals surface area contributed by atoms with Crippen molar-refractivity contribution >= 4 is 17.5 Å². The first kappa shape index (κ1) is 14.9. The number of carbonyl (C=O) groups excluding carboxylic acids is 1. The van der Waals surface area contributed by atoms with Gasteiger partial charge in [0.25, 0.3) is 5.91 Å². The van der Waals surface area contributed by atoms with E-state index in [1.54, 1.807) is 19.1 Å². The number of nitrogens with zero attached hydrogens (tertiary/aromatic N) is 4. The Bertz CT molecular complexity index is 610. The maximum Gasteiger partial charge on any atom is 0.275 e. The molecule has 0 aliphatic heterocycles. The lowest BCUT2D eigenvalue weighted by Gasteiger charge is -2.10. The summed E-state index contributed by atoms with van der Waals surface area (Å²) in [4.78, 5) is 22.1. The molecule has 0 aromatic carbocycles. The van der Waals surface area contributed by atoms with E-state index in [0.717, 1.165) is 13.1 Å².